The number of hydrogen-bond acceptors (Lipinski definition) is 3. The second kappa shape index (κ2) is 8.57. The van der Waals surface area contributed by atoms with E-state index in [4.69, 9.17) is 5.73 Å². The van der Waals surface area contributed by atoms with Crippen LogP contribution in [-0.4, -0.2) is 22.8 Å². The first-order valence-corrected chi connectivity index (χ1v) is 9.69. The molecule has 2 amide bonds. The zero-order chi connectivity index (χ0) is 20.9. The summed E-state index contributed by atoms with van der Waals surface area (Å²) in [5, 5.41) is 3.60. The van der Waals surface area contributed by atoms with Gasteiger partial charge in [0.15, 0.2) is 0 Å². The van der Waals surface area contributed by atoms with E-state index in [0.29, 0.717) is 11.1 Å². The van der Waals surface area contributed by atoms with E-state index in [0.717, 1.165) is 16.5 Å². The second-order valence-electron chi connectivity index (χ2n) is 7.03. The fourth-order valence-corrected chi connectivity index (χ4v) is 3.73. The van der Waals surface area contributed by atoms with Gasteiger partial charge in [-0.1, -0.05) is 78.9 Å². The number of nitrogens with one attached hydrogen (secondary N) is 1. The van der Waals surface area contributed by atoms with Gasteiger partial charge < -0.3 is 11.1 Å². The van der Waals surface area contributed by atoms with Crippen molar-refractivity contribution in [2.75, 3.05) is 0 Å². The lowest BCUT2D eigenvalue weighted by molar-refractivity contribution is -0.120. The Morgan fingerprint density at radius 2 is 1.33 bits per heavy atom. The minimum Gasteiger partial charge on any atom is -0.368 e. The highest BCUT2D eigenvalue weighted by atomic mass is 16.2. The molecule has 4 rings (SSSR count). The molecule has 1 aromatic heterocycles. The number of para-hydroxylation sites is 1. The zero-order valence-corrected chi connectivity index (χ0v) is 16.2. The van der Waals surface area contributed by atoms with Crippen LogP contribution in [0.15, 0.2) is 97.2 Å². The Balaban J connectivity index is 1.75. The molecule has 0 unspecified atom stereocenters. The van der Waals surface area contributed by atoms with E-state index in [1.54, 1.807) is 12.3 Å². The summed E-state index contributed by atoms with van der Waals surface area (Å²) in [7, 11) is 0. The highest BCUT2D eigenvalue weighted by molar-refractivity contribution is 6.07. The van der Waals surface area contributed by atoms with E-state index in [1.165, 1.54) is 0 Å². The first kappa shape index (κ1) is 19.3. The minimum atomic E-state index is -0.922. The lowest BCUT2D eigenvalue weighted by atomic mass is 9.84. The van der Waals surface area contributed by atoms with Gasteiger partial charge in [-0.05, 0) is 23.3 Å². The van der Waals surface area contributed by atoms with Crippen molar-refractivity contribution in [1.29, 1.82) is 0 Å². The number of benzene rings is 3. The Morgan fingerprint density at radius 3 is 1.93 bits per heavy atom. The minimum absolute atomic E-state index is 0.366. The van der Waals surface area contributed by atoms with E-state index < -0.39 is 17.9 Å². The summed E-state index contributed by atoms with van der Waals surface area (Å²) in [6.07, 6.45) is 1.59. The summed E-state index contributed by atoms with van der Waals surface area (Å²) >= 11 is 0. The topological polar surface area (TPSA) is 85.1 Å². The highest BCUT2D eigenvalue weighted by Crippen LogP contribution is 2.28. The van der Waals surface area contributed by atoms with Crippen LogP contribution >= 0.6 is 0 Å². The predicted octanol–water partition coefficient (Wildman–Crippen LogP) is 3.65. The number of aromatic nitrogens is 1. The maximum atomic E-state index is 13.2. The smallest absolute Gasteiger partial charge is 0.252 e. The standard InChI is InChI=1S/C25H21N3O2/c26-24(29)23(22(17-9-3-1-4-10-17)18-11-5-2-6-12-18)28-25(30)20-15-16-27-21-14-8-7-13-19(20)21/h1-16,22-23H,(H2,26,29)(H,28,30)/t23-/m1/s1. The fourth-order valence-electron chi connectivity index (χ4n) is 3.73. The number of primary amides is 1. The number of fused-ring (bicyclic) bond motifs is 1. The summed E-state index contributed by atoms with van der Waals surface area (Å²) in [5.41, 5.74) is 8.74. The first-order valence-electron chi connectivity index (χ1n) is 9.69. The van der Waals surface area contributed by atoms with Crippen molar-refractivity contribution < 1.29 is 9.59 Å². The van der Waals surface area contributed by atoms with Gasteiger partial charge in [-0.2, -0.15) is 0 Å². The van der Waals surface area contributed by atoms with Gasteiger partial charge in [-0.25, -0.2) is 0 Å². The molecule has 3 aromatic carbocycles. The Hall–Kier alpha value is -3.99. The molecule has 0 radical (unpaired) electrons. The second-order valence-corrected chi connectivity index (χ2v) is 7.03. The van der Waals surface area contributed by atoms with Crippen LogP contribution in [0.25, 0.3) is 10.9 Å². The van der Waals surface area contributed by atoms with Crippen LogP contribution in [0.3, 0.4) is 0 Å². The molecule has 0 saturated heterocycles. The van der Waals surface area contributed by atoms with Crippen molar-refractivity contribution in [1.82, 2.24) is 10.3 Å². The molecule has 1 heterocycles. The Labute approximate surface area is 174 Å². The third kappa shape index (κ3) is 3.91. The van der Waals surface area contributed by atoms with Gasteiger partial charge in [0.1, 0.15) is 6.04 Å². The molecular formula is C25H21N3O2. The van der Waals surface area contributed by atoms with Gasteiger partial charge in [-0.3, -0.25) is 14.6 Å². The summed E-state index contributed by atoms with van der Waals surface area (Å²) in [6.45, 7) is 0. The van der Waals surface area contributed by atoms with E-state index >= 15 is 0 Å². The molecule has 5 nitrogen and oxygen atoms in total. The molecule has 0 fully saturated rings. The Morgan fingerprint density at radius 1 is 0.767 bits per heavy atom. The van der Waals surface area contributed by atoms with Gasteiger partial charge in [0.2, 0.25) is 5.91 Å². The number of nitrogens with two attached hydrogens (primary N) is 1. The number of hydrogen-bond donors (Lipinski definition) is 2. The van der Waals surface area contributed by atoms with E-state index in [9.17, 15) is 9.59 Å². The monoisotopic (exact) mass is 395 g/mol. The molecule has 30 heavy (non-hydrogen) atoms. The van der Waals surface area contributed by atoms with Crippen molar-refractivity contribution in [3.05, 3.63) is 114 Å². The zero-order valence-electron chi connectivity index (χ0n) is 16.2. The van der Waals surface area contributed by atoms with Crippen LogP contribution in [-0.2, 0) is 4.79 Å². The molecule has 0 aliphatic rings. The van der Waals surface area contributed by atoms with Gasteiger partial charge in [0.05, 0.1) is 11.1 Å². The van der Waals surface area contributed by atoms with Crippen molar-refractivity contribution in [3.8, 4) is 0 Å². The maximum Gasteiger partial charge on any atom is 0.252 e. The molecule has 0 spiro atoms. The molecule has 3 N–H and O–H groups in total. The number of carbonyl (C=O) groups excluding carboxylic acids is 2. The van der Waals surface area contributed by atoms with Crippen LogP contribution in [0.4, 0.5) is 0 Å². The molecular weight excluding hydrogens is 374 g/mol. The molecule has 0 aliphatic heterocycles. The van der Waals surface area contributed by atoms with Crippen LogP contribution in [0.2, 0.25) is 0 Å². The van der Waals surface area contributed by atoms with Crippen molar-refractivity contribution >= 4 is 22.7 Å². The molecule has 0 bridgehead atoms. The summed E-state index contributed by atoms with van der Waals surface area (Å²) in [5.74, 6) is -1.38. The molecule has 1 atom stereocenters. The SMILES string of the molecule is NC(=O)[C@H](NC(=O)c1ccnc2ccccc12)C(c1ccccc1)c1ccccc1. The number of nitrogens with zero attached hydrogens (tertiary/aromatic N) is 1. The first-order chi connectivity index (χ1) is 14.6. The fraction of sp³-hybridized carbons (Fsp3) is 0.0800. The molecule has 5 heteroatoms. The van der Waals surface area contributed by atoms with Crippen LogP contribution in [0.1, 0.15) is 27.4 Å². The highest BCUT2D eigenvalue weighted by Gasteiger charge is 2.31. The molecule has 148 valence electrons. The largest absolute Gasteiger partial charge is 0.368 e. The van der Waals surface area contributed by atoms with Gasteiger partial charge in [0.25, 0.3) is 5.91 Å². The maximum absolute atomic E-state index is 13.2. The number of rotatable bonds is 6. The average molecular weight is 395 g/mol. The lowest BCUT2D eigenvalue weighted by Crippen LogP contribution is -2.48. The van der Waals surface area contributed by atoms with Gasteiger partial charge >= 0.3 is 0 Å². The Bertz CT molecular complexity index is 1130. The van der Waals surface area contributed by atoms with E-state index in [-0.39, 0.29) is 5.91 Å². The third-order valence-corrected chi connectivity index (χ3v) is 5.14. The van der Waals surface area contributed by atoms with Crippen molar-refractivity contribution in [3.63, 3.8) is 0 Å². The normalized spacial score (nSPS) is 11.9. The number of carbonyl (C=O) groups is 2. The lowest BCUT2D eigenvalue weighted by Gasteiger charge is -2.27. The van der Waals surface area contributed by atoms with Crippen molar-refractivity contribution in [2.24, 2.45) is 5.73 Å². The van der Waals surface area contributed by atoms with Gasteiger partial charge in [-0.15, -0.1) is 0 Å². The average Bonchev–Trinajstić information content (AvgIpc) is 2.79. The quantitative estimate of drug-likeness (QED) is 0.523. The summed E-state index contributed by atoms with van der Waals surface area (Å²) < 4.78 is 0. The molecule has 0 saturated carbocycles. The summed E-state index contributed by atoms with van der Waals surface area (Å²) in [4.78, 5) is 30.0. The molecule has 4 aromatic rings. The van der Waals surface area contributed by atoms with Crippen molar-refractivity contribution in [2.45, 2.75) is 12.0 Å². The number of pyridine rings is 1. The van der Waals surface area contributed by atoms with E-state index in [2.05, 4.69) is 10.3 Å². The van der Waals surface area contributed by atoms with Crippen LogP contribution < -0.4 is 11.1 Å². The van der Waals surface area contributed by atoms with Crippen LogP contribution in [0.5, 0.6) is 0 Å². The number of amides is 2. The predicted molar refractivity (Wildman–Crippen MR) is 117 cm³/mol. The third-order valence-electron chi connectivity index (χ3n) is 5.14. The van der Waals surface area contributed by atoms with Gasteiger partial charge in [0, 0.05) is 17.5 Å². The van der Waals surface area contributed by atoms with Crippen LogP contribution in [0, 0.1) is 0 Å². The summed E-state index contributed by atoms with van der Waals surface area (Å²) in [6, 6.07) is 27.3. The van der Waals surface area contributed by atoms with E-state index in [1.807, 2.05) is 84.9 Å². The molecule has 0 aliphatic carbocycles. The Kier molecular flexibility index (Phi) is 5.52.